The van der Waals surface area contributed by atoms with Gasteiger partial charge in [0.15, 0.2) is 5.69 Å². The zero-order valence-electron chi connectivity index (χ0n) is 12.4. The van der Waals surface area contributed by atoms with Crippen LogP contribution in [0.15, 0.2) is 5.51 Å². The highest BCUT2D eigenvalue weighted by Crippen LogP contribution is 2.22. The fourth-order valence-electron chi connectivity index (χ4n) is 1.43. The van der Waals surface area contributed by atoms with Crippen LogP contribution in [0.5, 0.6) is 0 Å². The third-order valence-corrected chi connectivity index (χ3v) is 3.03. The van der Waals surface area contributed by atoms with E-state index in [9.17, 15) is 9.59 Å². The molecule has 1 unspecified atom stereocenters. The van der Waals surface area contributed by atoms with E-state index in [0.29, 0.717) is 5.00 Å². The maximum absolute atomic E-state index is 12.0. The van der Waals surface area contributed by atoms with E-state index < -0.39 is 12.0 Å². The molecule has 1 aromatic heterocycles. The van der Waals surface area contributed by atoms with Crippen LogP contribution in [0, 0.1) is 0 Å². The minimum Gasteiger partial charge on any atom is -0.461 e. The maximum atomic E-state index is 12.0. The first kappa shape index (κ1) is 16.4. The van der Waals surface area contributed by atoms with Crippen LogP contribution >= 0.6 is 11.3 Å². The number of thiazole rings is 1. The number of anilines is 1. The Morgan fingerprint density at radius 1 is 1.45 bits per heavy atom. The van der Waals surface area contributed by atoms with Crippen LogP contribution in [0.3, 0.4) is 0 Å². The highest BCUT2D eigenvalue weighted by Gasteiger charge is 2.22. The van der Waals surface area contributed by atoms with Crippen LogP contribution < -0.4 is 10.6 Å². The highest BCUT2D eigenvalue weighted by molar-refractivity contribution is 7.14. The number of hydrogen-bond donors (Lipinski definition) is 2. The van der Waals surface area contributed by atoms with Crippen molar-refractivity contribution >= 4 is 28.2 Å². The Morgan fingerprint density at radius 3 is 2.65 bits per heavy atom. The summed E-state index contributed by atoms with van der Waals surface area (Å²) >= 11 is 1.26. The van der Waals surface area contributed by atoms with Gasteiger partial charge in [0.25, 0.3) is 0 Å². The van der Waals surface area contributed by atoms with Crippen LogP contribution in [0.25, 0.3) is 0 Å². The van der Waals surface area contributed by atoms with Crippen molar-refractivity contribution in [2.24, 2.45) is 0 Å². The number of amides is 1. The van der Waals surface area contributed by atoms with Crippen LogP contribution in [0.1, 0.15) is 45.1 Å². The molecule has 0 aliphatic heterocycles. The second-order valence-electron chi connectivity index (χ2n) is 5.36. The first-order chi connectivity index (χ1) is 9.24. The molecule has 0 aliphatic carbocycles. The van der Waals surface area contributed by atoms with E-state index in [4.69, 9.17) is 4.74 Å². The topological polar surface area (TPSA) is 80.3 Å². The largest absolute Gasteiger partial charge is 0.461 e. The van der Waals surface area contributed by atoms with E-state index in [0.717, 1.165) is 0 Å². The van der Waals surface area contributed by atoms with Crippen molar-refractivity contribution in [3.8, 4) is 0 Å². The zero-order chi connectivity index (χ0) is 15.3. The molecule has 1 aromatic rings. The third kappa shape index (κ3) is 4.80. The summed E-state index contributed by atoms with van der Waals surface area (Å²) in [6, 6.07) is -0.470. The molecule has 0 saturated carbocycles. The van der Waals surface area contributed by atoms with Gasteiger partial charge in [-0.3, -0.25) is 4.79 Å². The van der Waals surface area contributed by atoms with Gasteiger partial charge in [-0.05, 0) is 34.6 Å². The molecule has 6 nitrogen and oxygen atoms in total. The summed E-state index contributed by atoms with van der Waals surface area (Å²) in [6.45, 7) is 9.49. The van der Waals surface area contributed by atoms with Crippen molar-refractivity contribution in [1.82, 2.24) is 10.3 Å². The summed E-state index contributed by atoms with van der Waals surface area (Å²) in [5.74, 6) is -0.625. The van der Waals surface area contributed by atoms with Crippen LogP contribution in [0.2, 0.25) is 0 Å². The summed E-state index contributed by atoms with van der Waals surface area (Å²) in [5.41, 5.74) is 1.46. The van der Waals surface area contributed by atoms with Crippen molar-refractivity contribution < 1.29 is 14.3 Å². The van der Waals surface area contributed by atoms with Gasteiger partial charge >= 0.3 is 5.97 Å². The Balaban J connectivity index is 2.72. The van der Waals surface area contributed by atoms with Crippen molar-refractivity contribution in [2.75, 3.05) is 11.9 Å². The second kappa shape index (κ2) is 6.69. The van der Waals surface area contributed by atoms with Gasteiger partial charge in [-0.15, -0.1) is 11.3 Å². The van der Waals surface area contributed by atoms with Gasteiger partial charge in [0.05, 0.1) is 12.1 Å². The van der Waals surface area contributed by atoms with Crippen molar-refractivity contribution in [2.45, 2.75) is 46.2 Å². The van der Waals surface area contributed by atoms with Crippen molar-refractivity contribution in [3.05, 3.63) is 11.2 Å². The Morgan fingerprint density at radius 2 is 2.10 bits per heavy atom. The molecule has 2 N–H and O–H groups in total. The molecular formula is C13H21N3O3S. The van der Waals surface area contributed by atoms with E-state index in [-0.39, 0.29) is 23.7 Å². The SMILES string of the molecule is CCOC(=O)c1ncsc1NC(C)C(=O)NC(C)(C)C. The summed E-state index contributed by atoms with van der Waals surface area (Å²) < 4.78 is 4.91. The van der Waals surface area contributed by atoms with Crippen LogP contribution in [0.4, 0.5) is 5.00 Å². The predicted molar refractivity (Wildman–Crippen MR) is 79.1 cm³/mol. The lowest BCUT2D eigenvalue weighted by Gasteiger charge is -2.23. The molecule has 0 aliphatic rings. The lowest BCUT2D eigenvalue weighted by molar-refractivity contribution is -0.122. The van der Waals surface area contributed by atoms with Crippen molar-refractivity contribution in [1.29, 1.82) is 0 Å². The normalized spacial score (nSPS) is 12.7. The van der Waals surface area contributed by atoms with Crippen LogP contribution in [-0.2, 0) is 9.53 Å². The molecule has 1 rings (SSSR count). The number of carbonyl (C=O) groups excluding carboxylic acids is 2. The minimum atomic E-state index is -0.486. The van der Waals surface area contributed by atoms with E-state index >= 15 is 0 Å². The molecule has 0 radical (unpaired) electrons. The molecule has 0 fully saturated rings. The Kier molecular flexibility index (Phi) is 5.50. The average molecular weight is 299 g/mol. The lowest BCUT2D eigenvalue weighted by atomic mass is 10.1. The van der Waals surface area contributed by atoms with E-state index in [1.165, 1.54) is 11.3 Å². The summed E-state index contributed by atoms with van der Waals surface area (Å²) in [4.78, 5) is 27.6. The molecule has 112 valence electrons. The second-order valence-corrected chi connectivity index (χ2v) is 6.21. The number of nitrogens with zero attached hydrogens (tertiary/aromatic N) is 1. The number of esters is 1. The third-order valence-electron chi connectivity index (χ3n) is 2.28. The van der Waals surface area contributed by atoms with Gasteiger partial charge in [0.2, 0.25) is 5.91 Å². The summed E-state index contributed by atoms with van der Waals surface area (Å²) in [5, 5.41) is 6.41. The van der Waals surface area contributed by atoms with E-state index in [1.54, 1.807) is 19.4 Å². The van der Waals surface area contributed by atoms with E-state index in [2.05, 4.69) is 15.6 Å². The number of hydrogen-bond acceptors (Lipinski definition) is 6. The van der Waals surface area contributed by atoms with Gasteiger partial charge in [0.1, 0.15) is 11.0 Å². The first-order valence-electron chi connectivity index (χ1n) is 6.43. The van der Waals surface area contributed by atoms with E-state index in [1.807, 2.05) is 20.8 Å². The Bertz CT molecular complexity index is 479. The molecule has 0 aromatic carbocycles. The molecule has 20 heavy (non-hydrogen) atoms. The molecule has 7 heteroatoms. The minimum absolute atomic E-state index is 0.138. The van der Waals surface area contributed by atoms with Crippen molar-refractivity contribution in [3.63, 3.8) is 0 Å². The fraction of sp³-hybridized carbons (Fsp3) is 0.615. The molecule has 0 bridgehead atoms. The van der Waals surface area contributed by atoms with Gasteiger partial charge in [-0.25, -0.2) is 9.78 Å². The quantitative estimate of drug-likeness (QED) is 0.813. The van der Waals surface area contributed by atoms with Gasteiger partial charge in [-0.2, -0.15) is 0 Å². The smallest absolute Gasteiger partial charge is 0.360 e. The van der Waals surface area contributed by atoms with Gasteiger partial charge < -0.3 is 15.4 Å². The molecular weight excluding hydrogens is 278 g/mol. The first-order valence-corrected chi connectivity index (χ1v) is 7.31. The zero-order valence-corrected chi connectivity index (χ0v) is 13.3. The fourth-order valence-corrected chi connectivity index (χ4v) is 2.19. The lowest BCUT2D eigenvalue weighted by Crippen LogP contribution is -2.47. The Hall–Kier alpha value is -1.63. The number of nitrogens with one attached hydrogen (secondary N) is 2. The summed E-state index contributed by atoms with van der Waals surface area (Å²) in [7, 11) is 0. The Labute approximate surface area is 122 Å². The highest BCUT2D eigenvalue weighted by atomic mass is 32.1. The molecule has 1 amide bonds. The number of rotatable bonds is 5. The summed E-state index contributed by atoms with van der Waals surface area (Å²) in [6.07, 6.45) is 0. The maximum Gasteiger partial charge on any atom is 0.360 e. The molecule has 0 spiro atoms. The molecule has 0 saturated heterocycles. The standard InChI is InChI=1S/C13H21N3O3S/c1-6-19-12(18)9-11(20-7-14-9)15-8(2)10(17)16-13(3,4)5/h7-8,15H,6H2,1-5H3,(H,16,17). The average Bonchev–Trinajstić information content (AvgIpc) is 2.75. The monoisotopic (exact) mass is 299 g/mol. The number of aromatic nitrogens is 1. The number of ether oxygens (including phenoxy) is 1. The molecule has 1 atom stereocenters. The van der Waals surface area contributed by atoms with Gasteiger partial charge in [0, 0.05) is 5.54 Å². The van der Waals surface area contributed by atoms with Gasteiger partial charge in [-0.1, -0.05) is 0 Å². The predicted octanol–water partition coefficient (Wildman–Crippen LogP) is 2.03. The molecule has 1 heterocycles. The van der Waals surface area contributed by atoms with Crippen LogP contribution in [-0.4, -0.2) is 35.0 Å². The number of carbonyl (C=O) groups is 2.